The maximum Gasteiger partial charge on any atom is 0.305 e. The summed E-state index contributed by atoms with van der Waals surface area (Å²) in [6.07, 6.45) is 3.90. The summed E-state index contributed by atoms with van der Waals surface area (Å²) in [4.78, 5) is 60.0. The molecule has 0 unspecified atom stereocenters. The Balaban J connectivity index is 1.84. The quantitative estimate of drug-likeness (QED) is 0.243. The molecule has 0 aliphatic carbocycles. The van der Waals surface area contributed by atoms with E-state index in [1.165, 1.54) is 19.4 Å². The number of unbranched alkanes of at least 4 members (excludes halogenated alkanes) is 2. The number of methoxy groups -OCH3 is 1. The van der Waals surface area contributed by atoms with Crippen molar-refractivity contribution in [1.82, 2.24) is 15.2 Å². The van der Waals surface area contributed by atoms with Crippen molar-refractivity contribution in [1.29, 1.82) is 0 Å². The zero-order valence-electron chi connectivity index (χ0n) is 21.3. The SMILES string of the molecule is COC(=O)CCC(=O)CNC(=O)[C@H](Cc1ccccc1)NC(=O)CCCCCn1cc(O)c(=O)cc1C. The number of amides is 2. The van der Waals surface area contributed by atoms with Gasteiger partial charge < -0.3 is 25.0 Å². The van der Waals surface area contributed by atoms with E-state index in [-0.39, 0.29) is 49.7 Å². The van der Waals surface area contributed by atoms with Crippen LogP contribution in [0.15, 0.2) is 47.4 Å². The normalized spacial score (nSPS) is 11.4. The molecule has 200 valence electrons. The summed E-state index contributed by atoms with van der Waals surface area (Å²) in [5.74, 6) is -1.85. The third-order valence-corrected chi connectivity index (χ3v) is 5.86. The highest BCUT2D eigenvalue weighted by Crippen LogP contribution is 2.09. The van der Waals surface area contributed by atoms with Gasteiger partial charge >= 0.3 is 5.97 Å². The van der Waals surface area contributed by atoms with Gasteiger partial charge in [0.1, 0.15) is 6.04 Å². The molecule has 1 aromatic carbocycles. The van der Waals surface area contributed by atoms with Gasteiger partial charge in [-0.3, -0.25) is 24.0 Å². The topological polar surface area (TPSA) is 144 Å². The summed E-state index contributed by atoms with van der Waals surface area (Å²) >= 11 is 0. The molecule has 1 atom stereocenters. The van der Waals surface area contributed by atoms with Crippen LogP contribution in [0, 0.1) is 6.92 Å². The molecule has 10 heteroatoms. The van der Waals surface area contributed by atoms with E-state index < -0.39 is 23.3 Å². The number of Topliss-reactive ketones (excluding diaryl/α,β-unsaturated/α-hetero) is 1. The number of hydrogen-bond acceptors (Lipinski definition) is 7. The number of carbonyl (C=O) groups is 4. The van der Waals surface area contributed by atoms with Crippen LogP contribution in [0.5, 0.6) is 5.75 Å². The Morgan fingerprint density at radius 1 is 1.03 bits per heavy atom. The number of aromatic nitrogens is 1. The van der Waals surface area contributed by atoms with Gasteiger partial charge in [-0.05, 0) is 25.3 Å². The zero-order valence-corrected chi connectivity index (χ0v) is 21.3. The van der Waals surface area contributed by atoms with E-state index in [0.29, 0.717) is 13.0 Å². The molecule has 2 rings (SSSR count). The van der Waals surface area contributed by atoms with Crippen molar-refractivity contribution in [2.75, 3.05) is 13.7 Å². The molecule has 0 saturated carbocycles. The molecule has 2 amide bonds. The van der Waals surface area contributed by atoms with Crippen LogP contribution in [-0.4, -0.2) is 52.9 Å². The summed E-state index contributed by atoms with van der Waals surface area (Å²) in [5, 5.41) is 14.9. The Labute approximate surface area is 216 Å². The fourth-order valence-corrected chi connectivity index (χ4v) is 3.71. The first kappa shape index (κ1) is 29.3. The molecule has 37 heavy (non-hydrogen) atoms. The number of esters is 1. The number of hydrogen-bond donors (Lipinski definition) is 3. The van der Waals surface area contributed by atoms with Crippen molar-refractivity contribution in [2.45, 2.75) is 64.5 Å². The Hall–Kier alpha value is -3.95. The number of aryl methyl sites for hydroxylation is 2. The predicted molar refractivity (Wildman–Crippen MR) is 137 cm³/mol. The minimum Gasteiger partial charge on any atom is -0.503 e. The zero-order chi connectivity index (χ0) is 27.2. The lowest BCUT2D eigenvalue weighted by Crippen LogP contribution is -2.49. The highest BCUT2D eigenvalue weighted by molar-refractivity contribution is 5.92. The lowest BCUT2D eigenvalue weighted by molar-refractivity contribution is -0.141. The lowest BCUT2D eigenvalue weighted by Gasteiger charge is -2.19. The fourth-order valence-electron chi connectivity index (χ4n) is 3.71. The third-order valence-electron chi connectivity index (χ3n) is 5.86. The second-order valence-electron chi connectivity index (χ2n) is 8.81. The third kappa shape index (κ3) is 10.7. The lowest BCUT2D eigenvalue weighted by atomic mass is 10.0. The molecule has 0 aliphatic rings. The van der Waals surface area contributed by atoms with E-state index in [2.05, 4.69) is 15.4 Å². The Morgan fingerprint density at radius 2 is 1.76 bits per heavy atom. The van der Waals surface area contributed by atoms with Gasteiger partial charge in [0.2, 0.25) is 17.2 Å². The summed E-state index contributed by atoms with van der Waals surface area (Å²) in [5.41, 5.74) is 1.20. The molecule has 0 aliphatic heterocycles. The van der Waals surface area contributed by atoms with Crippen LogP contribution in [0.25, 0.3) is 0 Å². The van der Waals surface area contributed by atoms with Crippen LogP contribution in [0.2, 0.25) is 0 Å². The van der Waals surface area contributed by atoms with E-state index in [4.69, 9.17) is 0 Å². The number of nitrogens with one attached hydrogen (secondary N) is 2. The van der Waals surface area contributed by atoms with Crippen LogP contribution in [0.3, 0.4) is 0 Å². The van der Waals surface area contributed by atoms with Crippen molar-refractivity contribution < 1.29 is 29.0 Å². The van der Waals surface area contributed by atoms with Gasteiger partial charge in [-0.15, -0.1) is 0 Å². The molecule has 0 fully saturated rings. The number of rotatable bonds is 15. The largest absolute Gasteiger partial charge is 0.503 e. The minimum atomic E-state index is -0.852. The van der Waals surface area contributed by atoms with Gasteiger partial charge in [-0.25, -0.2) is 0 Å². The second-order valence-corrected chi connectivity index (χ2v) is 8.81. The number of carbonyl (C=O) groups excluding carboxylic acids is 4. The molecular weight excluding hydrogens is 478 g/mol. The summed E-state index contributed by atoms with van der Waals surface area (Å²) < 4.78 is 6.31. The molecule has 1 aromatic heterocycles. The first-order chi connectivity index (χ1) is 17.7. The minimum absolute atomic E-state index is 0.0406. The highest BCUT2D eigenvalue weighted by Gasteiger charge is 2.22. The van der Waals surface area contributed by atoms with Crippen molar-refractivity contribution >= 4 is 23.6 Å². The van der Waals surface area contributed by atoms with Gasteiger partial charge in [-0.1, -0.05) is 36.8 Å². The number of benzene rings is 1. The monoisotopic (exact) mass is 513 g/mol. The number of ketones is 1. The van der Waals surface area contributed by atoms with Crippen LogP contribution in [-0.2, 0) is 36.9 Å². The van der Waals surface area contributed by atoms with Crippen molar-refractivity contribution in [3.05, 3.63) is 64.1 Å². The number of aromatic hydroxyl groups is 1. The standard InChI is InChI=1S/C27H35N3O7/c1-19-15-23(32)24(33)18-30(19)14-8-4-7-11-25(34)29-22(16-20-9-5-3-6-10-20)27(36)28-17-21(31)12-13-26(35)37-2/h3,5-6,9-10,15,18,22,33H,4,7-8,11-14,16-17H2,1-2H3,(H,28,36)(H,29,34)/t22-/m0/s1. The second kappa shape index (κ2) is 15.2. The highest BCUT2D eigenvalue weighted by atomic mass is 16.5. The van der Waals surface area contributed by atoms with Gasteiger partial charge in [0, 0.05) is 43.8 Å². The van der Waals surface area contributed by atoms with Crippen LogP contribution < -0.4 is 16.1 Å². The fraction of sp³-hybridized carbons (Fsp3) is 0.444. The molecule has 10 nitrogen and oxygen atoms in total. The first-order valence-electron chi connectivity index (χ1n) is 12.3. The summed E-state index contributed by atoms with van der Waals surface area (Å²) in [7, 11) is 1.24. The first-order valence-corrected chi connectivity index (χ1v) is 12.3. The predicted octanol–water partition coefficient (Wildman–Crippen LogP) is 1.79. The molecule has 0 bridgehead atoms. The van der Waals surface area contributed by atoms with Gasteiger partial charge in [0.25, 0.3) is 0 Å². The number of ether oxygens (including phenoxy) is 1. The molecule has 1 heterocycles. The van der Waals surface area contributed by atoms with E-state index >= 15 is 0 Å². The maximum atomic E-state index is 12.8. The smallest absolute Gasteiger partial charge is 0.305 e. The number of nitrogens with zero attached hydrogens (tertiary/aromatic N) is 1. The maximum absolute atomic E-state index is 12.8. The van der Waals surface area contributed by atoms with Gasteiger partial charge in [0.15, 0.2) is 11.5 Å². The number of pyridine rings is 1. The molecule has 3 N–H and O–H groups in total. The Kier molecular flexibility index (Phi) is 12.0. The van der Waals surface area contributed by atoms with Crippen LogP contribution in [0.1, 0.15) is 49.8 Å². The van der Waals surface area contributed by atoms with E-state index in [0.717, 1.165) is 24.1 Å². The molecule has 0 saturated heterocycles. The van der Waals surface area contributed by atoms with Crippen molar-refractivity contribution in [3.63, 3.8) is 0 Å². The van der Waals surface area contributed by atoms with E-state index in [9.17, 15) is 29.1 Å². The molecular formula is C27H35N3O7. The average molecular weight is 514 g/mol. The van der Waals surface area contributed by atoms with Crippen LogP contribution in [0.4, 0.5) is 0 Å². The van der Waals surface area contributed by atoms with E-state index in [1.54, 1.807) is 11.5 Å². The van der Waals surface area contributed by atoms with Crippen molar-refractivity contribution in [3.8, 4) is 5.75 Å². The van der Waals surface area contributed by atoms with Gasteiger partial charge in [-0.2, -0.15) is 0 Å². The molecule has 2 aromatic rings. The molecule has 0 radical (unpaired) electrons. The molecule has 0 spiro atoms. The Bertz CT molecular complexity index is 1130. The van der Waals surface area contributed by atoms with Crippen molar-refractivity contribution in [2.24, 2.45) is 0 Å². The average Bonchev–Trinajstić information content (AvgIpc) is 2.88. The van der Waals surface area contributed by atoms with E-state index in [1.807, 2.05) is 30.3 Å². The summed E-state index contributed by atoms with van der Waals surface area (Å²) in [6, 6.07) is 9.77. The summed E-state index contributed by atoms with van der Waals surface area (Å²) in [6.45, 7) is 2.15. The Morgan fingerprint density at radius 3 is 2.46 bits per heavy atom. The van der Waals surface area contributed by atoms with Gasteiger partial charge in [0.05, 0.1) is 20.1 Å². The van der Waals surface area contributed by atoms with Crippen LogP contribution >= 0.6 is 0 Å².